The number of rotatable bonds is 4. The summed E-state index contributed by atoms with van der Waals surface area (Å²) in [5.74, 6) is 1.67. The van der Waals surface area contributed by atoms with Gasteiger partial charge in [-0.3, -0.25) is 4.99 Å². The van der Waals surface area contributed by atoms with E-state index < -0.39 is 9.84 Å². The van der Waals surface area contributed by atoms with Crippen molar-refractivity contribution in [3.63, 3.8) is 0 Å². The van der Waals surface area contributed by atoms with Gasteiger partial charge in [-0.05, 0) is 55.6 Å². The van der Waals surface area contributed by atoms with Gasteiger partial charge in [-0.25, -0.2) is 8.42 Å². The molecule has 2 atom stereocenters. The van der Waals surface area contributed by atoms with Crippen molar-refractivity contribution >= 4 is 15.8 Å². The highest BCUT2D eigenvalue weighted by molar-refractivity contribution is 7.91. The number of nitrogens with one attached hydrogen (secondary N) is 2. The predicted octanol–water partition coefficient (Wildman–Crippen LogP) is 1.68. The van der Waals surface area contributed by atoms with E-state index in [-0.39, 0.29) is 5.92 Å². The molecule has 6 heteroatoms. The molecule has 136 valence electrons. The smallest absolute Gasteiger partial charge is 0.191 e. The van der Waals surface area contributed by atoms with E-state index in [1.165, 1.54) is 24.0 Å². The molecule has 1 saturated carbocycles. The Labute approximate surface area is 150 Å². The first-order valence-corrected chi connectivity index (χ1v) is 11.2. The quantitative estimate of drug-likeness (QED) is 0.632. The number of aryl methyl sites for hydroxylation is 1. The van der Waals surface area contributed by atoms with Gasteiger partial charge in [0, 0.05) is 18.6 Å². The fraction of sp³-hybridized carbons (Fsp3) is 0.632. The Bertz CT molecular complexity index is 756. The fourth-order valence-corrected chi connectivity index (χ4v) is 5.65. The Kier molecular flexibility index (Phi) is 4.71. The number of fused-ring (bicyclic) bond motifs is 1. The van der Waals surface area contributed by atoms with Gasteiger partial charge in [-0.2, -0.15) is 0 Å². The van der Waals surface area contributed by atoms with Crippen molar-refractivity contribution in [2.45, 2.75) is 50.6 Å². The van der Waals surface area contributed by atoms with E-state index >= 15 is 0 Å². The second-order valence-corrected chi connectivity index (χ2v) is 9.96. The predicted molar refractivity (Wildman–Crippen MR) is 101 cm³/mol. The molecule has 0 spiro atoms. The maximum atomic E-state index is 11.6. The van der Waals surface area contributed by atoms with Crippen LogP contribution in [0.25, 0.3) is 0 Å². The highest BCUT2D eigenvalue weighted by Crippen LogP contribution is 2.22. The van der Waals surface area contributed by atoms with Crippen molar-refractivity contribution in [1.82, 2.24) is 10.6 Å². The molecule has 25 heavy (non-hydrogen) atoms. The first-order chi connectivity index (χ1) is 12.1. The summed E-state index contributed by atoms with van der Waals surface area (Å²) in [6, 6.07) is 9.60. The fourth-order valence-electron chi connectivity index (χ4n) is 3.80. The number of hydrogen-bond donors (Lipinski definition) is 2. The maximum Gasteiger partial charge on any atom is 0.191 e. The van der Waals surface area contributed by atoms with Gasteiger partial charge in [-0.15, -0.1) is 0 Å². The molecule has 3 aliphatic rings. The molecule has 2 N–H and O–H groups in total. The SMILES string of the molecule is O=S1(=O)CCC(CN=C(NC2CC2)NC2CCc3ccccc3C2)C1. The summed E-state index contributed by atoms with van der Waals surface area (Å²) in [7, 11) is -2.82. The summed E-state index contributed by atoms with van der Waals surface area (Å²) in [5.41, 5.74) is 2.89. The first kappa shape index (κ1) is 16.9. The molecule has 0 aromatic heterocycles. The lowest BCUT2D eigenvalue weighted by Gasteiger charge is -2.27. The van der Waals surface area contributed by atoms with Gasteiger partial charge in [0.05, 0.1) is 11.5 Å². The lowest BCUT2D eigenvalue weighted by Crippen LogP contribution is -2.46. The zero-order chi connectivity index (χ0) is 17.3. The highest BCUT2D eigenvalue weighted by Gasteiger charge is 2.29. The minimum absolute atomic E-state index is 0.176. The third kappa shape index (κ3) is 4.54. The molecule has 5 nitrogen and oxygen atoms in total. The number of benzene rings is 1. The minimum atomic E-state index is -2.82. The lowest BCUT2D eigenvalue weighted by molar-refractivity contribution is 0.516. The van der Waals surface area contributed by atoms with Crippen LogP contribution in [0.3, 0.4) is 0 Å². The molecule has 1 heterocycles. The number of nitrogens with zero attached hydrogens (tertiary/aromatic N) is 1. The third-order valence-corrected chi connectivity index (χ3v) is 7.28. The van der Waals surface area contributed by atoms with Crippen molar-refractivity contribution in [3.05, 3.63) is 35.4 Å². The zero-order valence-corrected chi connectivity index (χ0v) is 15.4. The monoisotopic (exact) mass is 361 g/mol. The summed E-state index contributed by atoms with van der Waals surface area (Å²) >= 11 is 0. The van der Waals surface area contributed by atoms with Crippen LogP contribution in [0.15, 0.2) is 29.3 Å². The van der Waals surface area contributed by atoms with Crippen LogP contribution in [0.4, 0.5) is 0 Å². The van der Waals surface area contributed by atoms with Crippen molar-refractivity contribution in [1.29, 1.82) is 0 Å². The Balaban J connectivity index is 1.38. The Morgan fingerprint density at radius 2 is 1.80 bits per heavy atom. The highest BCUT2D eigenvalue weighted by atomic mass is 32.2. The summed E-state index contributed by atoms with van der Waals surface area (Å²) < 4.78 is 23.3. The van der Waals surface area contributed by atoms with Gasteiger partial charge in [0.25, 0.3) is 0 Å². The van der Waals surface area contributed by atoms with E-state index in [4.69, 9.17) is 4.99 Å². The lowest BCUT2D eigenvalue weighted by atomic mass is 9.88. The van der Waals surface area contributed by atoms with Crippen LogP contribution in [0.5, 0.6) is 0 Å². The number of aliphatic imine (C=N–C) groups is 1. The molecule has 1 aromatic carbocycles. The average Bonchev–Trinajstić information content (AvgIpc) is 3.34. The van der Waals surface area contributed by atoms with Crippen molar-refractivity contribution in [2.24, 2.45) is 10.9 Å². The van der Waals surface area contributed by atoms with Gasteiger partial charge < -0.3 is 10.6 Å². The molecule has 1 saturated heterocycles. The molecule has 0 bridgehead atoms. The second-order valence-electron chi connectivity index (χ2n) is 7.73. The largest absolute Gasteiger partial charge is 0.354 e. The number of sulfone groups is 1. The van der Waals surface area contributed by atoms with Crippen molar-refractivity contribution < 1.29 is 8.42 Å². The van der Waals surface area contributed by atoms with Gasteiger partial charge in [0.1, 0.15) is 0 Å². The average molecular weight is 362 g/mol. The molecule has 2 unspecified atom stereocenters. The van der Waals surface area contributed by atoms with Crippen molar-refractivity contribution in [3.8, 4) is 0 Å². The van der Waals surface area contributed by atoms with Crippen LogP contribution < -0.4 is 10.6 Å². The molecule has 0 radical (unpaired) electrons. The van der Waals surface area contributed by atoms with Gasteiger partial charge >= 0.3 is 0 Å². The Hall–Kier alpha value is -1.56. The van der Waals surface area contributed by atoms with Gasteiger partial charge in [-0.1, -0.05) is 24.3 Å². The number of guanidine groups is 1. The maximum absolute atomic E-state index is 11.6. The molecular formula is C19H27N3O2S. The Morgan fingerprint density at radius 1 is 1.04 bits per heavy atom. The first-order valence-electron chi connectivity index (χ1n) is 9.42. The van der Waals surface area contributed by atoms with Crippen LogP contribution in [-0.4, -0.2) is 44.5 Å². The molecule has 2 fully saturated rings. The van der Waals surface area contributed by atoms with E-state index in [0.29, 0.717) is 30.1 Å². The summed E-state index contributed by atoms with van der Waals surface area (Å²) in [6.07, 6.45) is 6.39. The standard InChI is InChI=1S/C19H27N3O2S/c23-25(24)10-9-14(13-25)12-20-19(21-17-7-8-17)22-18-6-5-15-3-1-2-4-16(15)11-18/h1-4,14,17-18H,5-13H2,(H2,20,21,22). The van der Waals surface area contributed by atoms with E-state index in [2.05, 4.69) is 34.9 Å². The van der Waals surface area contributed by atoms with Crippen LogP contribution in [0, 0.1) is 5.92 Å². The topological polar surface area (TPSA) is 70.6 Å². The normalized spacial score (nSPS) is 28.4. The zero-order valence-electron chi connectivity index (χ0n) is 14.6. The van der Waals surface area contributed by atoms with Crippen molar-refractivity contribution in [2.75, 3.05) is 18.1 Å². The minimum Gasteiger partial charge on any atom is -0.354 e. The van der Waals surface area contributed by atoms with Crippen LogP contribution in [0.1, 0.15) is 36.8 Å². The summed E-state index contributed by atoms with van der Waals surface area (Å²) in [4.78, 5) is 4.73. The van der Waals surface area contributed by atoms with E-state index in [1.54, 1.807) is 0 Å². The van der Waals surface area contributed by atoms with Gasteiger partial charge in [0.15, 0.2) is 15.8 Å². The van der Waals surface area contributed by atoms with Crippen LogP contribution in [0.2, 0.25) is 0 Å². The molecular weight excluding hydrogens is 334 g/mol. The van der Waals surface area contributed by atoms with Crippen LogP contribution >= 0.6 is 0 Å². The van der Waals surface area contributed by atoms with E-state index in [9.17, 15) is 8.42 Å². The molecule has 1 aromatic rings. The van der Waals surface area contributed by atoms with E-state index in [1.807, 2.05) is 0 Å². The van der Waals surface area contributed by atoms with Gasteiger partial charge in [0.2, 0.25) is 0 Å². The molecule has 4 rings (SSSR count). The van der Waals surface area contributed by atoms with Crippen LogP contribution in [-0.2, 0) is 22.7 Å². The third-order valence-electron chi connectivity index (χ3n) is 5.44. The molecule has 1 aliphatic heterocycles. The molecule has 0 amide bonds. The molecule has 2 aliphatic carbocycles. The second kappa shape index (κ2) is 6.98. The van der Waals surface area contributed by atoms with E-state index in [0.717, 1.165) is 31.6 Å². The summed E-state index contributed by atoms with van der Waals surface area (Å²) in [5, 5.41) is 7.10. The number of hydrogen-bond acceptors (Lipinski definition) is 3. The summed E-state index contributed by atoms with van der Waals surface area (Å²) in [6.45, 7) is 0.602. The Morgan fingerprint density at radius 3 is 2.52 bits per heavy atom.